The number of aryl methyl sites for hydroxylation is 1. The molecule has 0 bridgehead atoms. The monoisotopic (exact) mass is 531 g/mol. The molecule has 10 heteroatoms. The first-order valence-electron chi connectivity index (χ1n) is 12.0. The Morgan fingerprint density at radius 3 is 2.32 bits per heavy atom. The van der Waals surface area contributed by atoms with Crippen LogP contribution in [0.25, 0.3) is 22.5 Å². The Labute approximate surface area is 223 Å². The average molecular weight is 532 g/mol. The van der Waals surface area contributed by atoms with Gasteiger partial charge in [-0.2, -0.15) is 14.9 Å². The van der Waals surface area contributed by atoms with Crippen LogP contribution in [0.2, 0.25) is 10.0 Å². The number of hydrogen-bond donors (Lipinski definition) is 1. The number of carbonyl (C=O) groups excluding carboxylic acids is 1. The van der Waals surface area contributed by atoms with E-state index in [-0.39, 0.29) is 5.91 Å². The number of halogens is 2. The lowest BCUT2D eigenvalue weighted by atomic mass is 9.78. The quantitative estimate of drug-likeness (QED) is 0.297. The number of aromatic nitrogens is 6. The number of carbonyl (C=O) groups is 1. The van der Waals surface area contributed by atoms with Crippen LogP contribution in [0.15, 0.2) is 67.1 Å². The predicted molar refractivity (Wildman–Crippen MR) is 144 cm³/mol. The first-order chi connectivity index (χ1) is 17.9. The number of anilines is 1. The number of nitrogens with zero attached hydrogens (tertiary/aromatic N) is 6. The Morgan fingerprint density at radius 2 is 1.62 bits per heavy atom. The van der Waals surface area contributed by atoms with Crippen molar-refractivity contribution in [2.45, 2.75) is 38.0 Å². The number of amides is 1. The molecule has 0 saturated heterocycles. The van der Waals surface area contributed by atoms with Gasteiger partial charge in [-0.05, 0) is 61.7 Å². The summed E-state index contributed by atoms with van der Waals surface area (Å²) in [5, 5.41) is 14.3. The Balaban J connectivity index is 1.39. The Morgan fingerprint density at radius 1 is 0.946 bits per heavy atom. The van der Waals surface area contributed by atoms with Crippen LogP contribution in [0.4, 0.5) is 5.82 Å². The van der Waals surface area contributed by atoms with Crippen LogP contribution in [0.3, 0.4) is 0 Å². The molecule has 1 aliphatic rings. The summed E-state index contributed by atoms with van der Waals surface area (Å²) in [6, 6.07) is 16.8. The summed E-state index contributed by atoms with van der Waals surface area (Å²) in [5.74, 6) is 1.01. The van der Waals surface area contributed by atoms with E-state index in [1.807, 2.05) is 49.4 Å². The van der Waals surface area contributed by atoms with Crippen molar-refractivity contribution < 1.29 is 4.79 Å². The highest BCUT2D eigenvalue weighted by atomic mass is 35.5. The van der Waals surface area contributed by atoms with E-state index >= 15 is 0 Å². The fourth-order valence-corrected chi connectivity index (χ4v) is 5.40. The maximum Gasteiger partial charge on any atom is 0.236 e. The van der Waals surface area contributed by atoms with Crippen molar-refractivity contribution in [2.75, 3.05) is 5.32 Å². The molecule has 3 aromatic heterocycles. The van der Waals surface area contributed by atoms with E-state index in [2.05, 4.69) is 25.5 Å². The molecule has 0 spiro atoms. The maximum atomic E-state index is 13.8. The van der Waals surface area contributed by atoms with E-state index in [9.17, 15) is 4.79 Å². The first-order valence-corrected chi connectivity index (χ1v) is 12.8. The summed E-state index contributed by atoms with van der Waals surface area (Å²) in [6.07, 6.45) is 6.71. The second kappa shape index (κ2) is 9.28. The molecule has 1 fully saturated rings. The number of nitrogens with one attached hydrogen (secondary N) is 1. The fourth-order valence-electron chi connectivity index (χ4n) is 5.15. The highest BCUT2D eigenvalue weighted by Crippen LogP contribution is 2.42. The highest BCUT2D eigenvalue weighted by Gasteiger charge is 2.43. The molecule has 8 nitrogen and oxygen atoms in total. The molecule has 6 rings (SSSR count). The number of fused-ring (bicyclic) bond motifs is 1. The maximum absolute atomic E-state index is 13.8. The lowest BCUT2D eigenvalue weighted by molar-refractivity contribution is -0.121. The molecule has 0 aliphatic heterocycles. The molecule has 0 unspecified atom stereocenters. The van der Waals surface area contributed by atoms with Gasteiger partial charge in [-0.15, -0.1) is 0 Å². The molecule has 0 radical (unpaired) electrons. The van der Waals surface area contributed by atoms with Gasteiger partial charge in [0.1, 0.15) is 12.1 Å². The van der Waals surface area contributed by atoms with Crippen molar-refractivity contribution in [1.29, 1.82) is 0 Å². The van der Waals surface area contributed by atoms with Gasteiger partial charge in [0.2, 0.25) is 5.91 Å². The normalized spacial score (nSPS) is 14.8. The Hall–Kier alpha value is -3.75. The minimum absolute atomic E-state index is 0.0596. The largest absolute Gasteiger partial charge is 0.310 e. The van der Waals surface area contributed by atoms with E-state index in [0.29, 0.717) is 32.7 Å². The number of benzene rings is 2. The van der Waals surface area contributed by atoms with Crippen molar-refractivity contribution >= 4 is 46.0 Å². The van der Waals surface area contributed by atoms with Gasteiger partial charge in [-0.25, -0.2) is 14.6 Å². The number of rotatable bonds is 5. The van der Waals surface area contributed by atoms with Crippen molar-refractivity contribution in [3.05, 3.63) is 88.4 Å². The molecular weight excluding hydrogens is 509 g/mol. The van der Waals surface area contributed by atoms with Gasteiger partial charge in [0.25, 0.3) is 0 Å². The molecule has 1 saturated carbocycles. The topological polar surface area (TPSA) is 90.5 Å². The zero-order chi connectivity index (χ0) is 25.6. The van der Waals surface area contributed by atoms with Gasteiger partial charge in [0.15, 0.2) is 11.5 Å². The second-order valence-corrected chi connectivity index (χ2v) is 10.2. The zero-order valence-corrected chi connectivity index (χ0v) is 21.5. The third kappa shape index (κ3) is 4.16. The van der Waals surface area contributed by atoms with Crippen LogP contribution in [0.5, 0.6) is 0 Å². The van der Waals surface area contributed by atoms with Crippen molar-refractivity contribution in [1.82, 2.24) is 29.5 Å². The molecule has 1 amide bonds. The van der Waals surface area contributed by atoms with Gasteiger partial charge in [-0.1, -0.05) is 48.2 Å². The van der Waals surface area contributed by atoms with Crippen LogP contribution in [-0.2, 0) is 10.2 Å². The standard InChI is InChI=1S/C27H23Cl2N7O/c1-17-14-23(33-26(37)27(12-2-3-13-27)18-4-6-19(28)7-5-18)36(34-17)25-22-15-32-35(24(22)30-16-31-25)21-10-8-20(29)9-11-21/h4-11,14-16H,2-3,12-13H2,1H3,(H,33,37). The van der Waals surface area contributed by atoms with Crippen molar-refractivity contribution in [2.24, 2.45) is 0 Å². The summed E-state index contributed by atoms with van der Waals surface area (Å²) in [4.78, 5) is 22.8. The van der Waals surface area contributed by atoms with Crippen LogP contribution >= 0.6 is 23.2 Å². The third-order valence-corrected chi connectivity index (χ3v) is 7.48. The van der Waals surface area contributed by atoms with Gasteiger partial charge in [-0.3, -0.25) is 4.79 Å². The lowest BCUT2D eigenvalue weighted by Gasteiger charge is -2.28. The average Bonchev–Trinajstić information content (AvgIpc) is 3.64. The highest BCUT2D eigenvalue weighted by molar-refractivity contribution is 6.30. The summed E-state index contributed by atoms with van der Waals surface area (Å²) >= 11 is 12.2. The van der Waals surface area contributed by atoms with Gasteiger partial charge >= 0.3 is 0 Å². The van der Waals surface area contributed by atoms with Crippen molar-refractivity contribution in [3.8, 4) is 11.5 Å². The van der Waals surface area contributed by atoms with E-state index in [1.165, 1.54) is 6.33 Å². The van der Waals surface area contributed by atoms with Crippen molar-refractivity contribution in [3.63, 3.8) is 0 Å². The van der Waals surface area contributed by atoms with Crippen LogP contribution in [0.1, 0.15) is 36.9 Å². The molecule has 3 heterocycles. The molecular formula is C27H23Cl2N7O. The Kier molecular flexibility index (Phi) is 5.93. The SMILES string of the molecule is Cc1cc(NC(=O)C2(c3ccc(Cl)cc3)CCCC2)n(-c2ncnc3c2cnn3-c2ccc(Cl)cc2)n1. The van der Waals surface area contributed by atoms with Gasteiger partial charge < -0.3 is 5.32 Å². The smallest absolute Gasteiger partial charge is 0.236 e. The van der Waals surface area contributed by atoms with Crippen LogP contribution in [0, 0.1) is 6.92 Å². The second-order valence-electron chi connectivity index (χ2n) is 9.30. The lowest BCUT2D eigenvalue weighted by Crippen LogP contribution is -2.38. The first kappa shape index (κ1) is 23.6. The van der Waals surface area contributed by atoms with Gasteiger partial charge in [0, 0.05) is 16.1 Å². The van der Waals surface area contributed by atoms with Crippen LogP contribution < -0.4 is 5.32 Å². The summed E-state index contributed by atoms with van der Waals surface area (Å²) in [6.45, 7) is 1.88. The molecule has 0 atom stereocenters. The minimum atomic E-state index is -0.617. The zero-order valence-electron chi connectivity index (χ0n) is 20.0. The van der Waals surface area contributed by atoms with Crippen LogP contribution in [-0.4, -0.2) is 35.4 Å². The molecule has 5 aromatic rings. The minimum Gasteiger partial charge on any atom is -0.310 e. The van der Waals surface area contributed by atoms with E-state index in [0.717, 1.165) is 42.6 Å². The fraction of sp³-hybridized carbons (Fsp3) is 0.222. The molecule has 2 aromatic carbocycles. The summed E-state index contributed by atoms with van der Waals surface area (Å²) in [7, 11) is 0. The molecule has 186 valence electrons. The Bertz CT molecular complexity index is 1600. The molecule has 1 aliphatic carbocycles. The predicted octanol–water partition coefficient (Wildman–Crippen LogP) is 6.07. The van der Waals surface area contributed by atoms with E-state index < -0.39 is 5.41 Å². The van der Waals surface area contributed by atoms with Gasteiger partial charge in [0.05, 0.1) is 28.4 Å². The third-order valence-electron chi connectivity index (χ3n) is 6.98. The summed E-state index contributed by atoms with van der Waals surface area (Å²) < 4.78 is 3.37. The molecule has 1 N–H and O–H groups in total. The summed E-state index contributed by atoms with van der Waals surface area (Å²) in [5.41, 5.74) is 2.54. The molecule has 37 heavy (non-hydrogen) atoms. The van der Waals surface area contributed by atoms with E-state index in [1.54, 1.807) is 27.7 Å². The number of hydrogen-bond acceptors (Lipinski definition) is 5. The van der Waals surface area contributed by atoms with E-state index in [4.69, 9.17) is 23.2 Å².